The van der Waals surface area contributed by atoms with E-state index in [2.05, 4.69) is 45.1 Å². The SMILES string of the molecule is c1ccc(CSc2nnc(C3CC3)n2C2CC2)cc1. The van der Waals surface area contributed by atoms with Crippen LogP contribution in [0.3, 0.4) is 0 Å². The van der Waals surface area contributed by atoms with Crippen molar-refractivity contribution < 1.29 is 0 Å². The van der Waals surface area contributed by atoms with Crippen LogP contribution in [0.15, 0.2) is 35.5 Å². The van der Waals surface area contributed by atoms with Gasteiger partial charge in [0.2, 0.25) is 0 Å². The summed E-state index contributed by atoms with van der Waals surface area (Å²) in [5.41, 5.74) is 1.35. The molecule has 0 bridgehead atoms. The molecule has 4 heteroatoms. The highest BCUT2D eigenvalue weighted by atomic mass is 32.2. The van der Waals surface area contributed by atoms with Crippen molar-refractivity contribution in [3.05, 3.63) is 41.7 Å². The van der Waals surface area contributed by atoms with Gasteiger partial charge in [0, 0.05) is 17.7 Å². The minimum atomic E-state index is 0.684. The quantitative estimate of drug-likeness (QED) is 0.775. The van der Waals surface area contributed by atoms with Crippen LogP contribution in [0.25, 0.3) is 0 Å². The third kappa shape index (κ3) is 2.41. The maximum Gasteiger partial charge on any atom is 0.191 e. The Morgan fingerprint density at radius 1 is 1.05 bits per heavy atom. The highest BCUT2D eigenvalue weighted by molar-refractivity contribution is 7.98. The van der Waals surface area contributed by atoms with Crippen LogP contribution in [0.2, 0.25) is 0 Å². The van der Waals surface area contributed by atoms with Gasteiger partial charge in [-0.25, -0.2) is 0 Å². The van der Waals surface area contributed by atoms with Crippen LogP contribution in [0.1, 0.15) is 49.0 Å². The molecule has 3 nitrogen and oxygen atoms in total. The Kier molecular flexibility index (Phi) is 2.84. The molecule has 0 unspecified atom stereocenters. The zero-order chi connectivity index (χ0) is 12.7. The average molecular weight is 271 g/mol. The predicted molar refractivity (Wildman–Crippen MR) is 76.3 cm³/mol. The number of aromatic nitrogens is 3. The van der Waals surface area contributed by atoms with E-state index in [1.165, 1.54) is 37.1 Å². The number of rotatable bonds is 5. The molecule has 2 aromatic rings. The van der Waals surface area contributed by atoms with Crippen molar-refractivity contribution in [1.29, 1.82) is 0 Å². The molecule has 0 aliphatic heterocycles. The lowest BCUT2D eigenvalue weighted by atomic mass is 10.2. The summed E-state index contributed by atoms with van der Waals surface area (Å²) in [5.74, 6) is 2.92. The molecular weight excluding hydrogens is 254 g/mol. The summed E-state index contributed by atoms with van der Waals surface area (Å²) in [6.45, 7) is 0. The Balaban J connectivity index is 1.54. The molecule has 1 aromatic heterocycles. The van der Waals surface area contributed by atoms with E-state index in [1.807, 2.05) is 11.8 Å². The van der Waals surface area contributed by atoms with E-state index in [9.17, 15) is 0 Å². The highest BCUT2D eigenvalue weighted by Gasteiger charge is 2.36. The van der Waals surface area contributed by atoms with Gasteiger partial charge in [-0.05, 0) is 31.2 Å². The number of nitrogens with zero attached hydrogens (tertiary/aromatic N) is 3. The molecule has 2 saturated carbocycles. The maximum absolute atomic E-state index is 4.44. The fourth-order valence-electron chi connectivity index (χ4n) is 2.40. The van der Waals surface area contributed by atoms with Gasteiger partial charge in [-0.1, -0.05) is 42.1 Å². The number of benzene rings is 1. The second kappa shape index (κ2) is 4.67. The van der Waals surface area contributed by atoms with Crippen molar-refractivity contribution in [3.8, 4) is 0 Å². The smallest absolute Gasteiger partial charge is 0.191 e. The van der Waals surface area contributed by atoms with Crippen LogP contribution in [-0.2, 0) is 5.75 Å². The highest BCUT2D eigenvalue weighted by Crippen LogP contribution is 2.46. The van der Waals surface area contributed by atoms with E-state index in [1.54, 1.807) is 0 Å². The summed E-state index contributed by atoms with van der Waals surface area (Å²) in [6, 6.07) is 11.3. The monoisotopic (exact) mass is 271 g/mol. The molecule has 2 aliphatic carbocycles. The summed E-state index contributed by atoms with van der Waals surface area (Å²) in [7, 11) is 0. The first-order valence-corrected chi connectivity index (χ1v) is 8.02. The largest absolute Gasteiger partial charge is 0.303 e. The zero-order valence-corrected chi connectivity index (χ0v) is 11.6. The zero-order valence-electron chi connectivity index (χ0n) is 10.8. The molecule has 2 aliphatic rings. The van der Waals surface area contributed by atoms with Gasteiger partial charge in [0.05, 0.1) is 0 Å². The first-order valence-electron chi connectivity index (χ1n) is 7.03. The summed E-state index contributed by atoms with van der Waals surface area (Å²) in [5, 5.41) is 9.99. The van der Waals surface area contributed by atoms with E-state index >= 15 is 0 Å². The van der Waals surface area contributed by atoms with Crippen molar-refractivity contribution in [2.75, 3.05) is 0 Å². The van der Waals surface area contributed by atoms with Gasteiger partial charge in [-0.15, -0.1) is 10.2 Å². The van der Waals surface area contributed by atoms with Gasteiger partial charge >= 0.3 is 0 Å². The molecule has 0 amide bonds. The van der Waals surface area contributed by atoms with Crippen LogP contribution < -0.4 is 0 Å². The molecule has 1 aromatic carbocycles. The van der Waals surface area contributed by atoms with Crippen molar-refractivity contribution in [2.45, 2.75) is 48.6 Å². The second-order valence-electron chi connectivity index (χ2n) is 5.49. The van der Waals surface area contributed by atoms with Crippen molar-refractivity contribution in [2.24, 2.45) is 0 Å². The van der Waals surface area contributed by atoms with Crippen LogP contribution in [-0.4, -0.2) is 14.8 Å². The van der Waals surface area contributed by atoms with Crippen LogP contribution in [0.4, 0.5) is 0 Å². The fourth-order valence-corrected chi connectivity index (χ4v) is 3.37. The third-order valence-electron chi connectivity index (χ3n) is 3.76. The summed E-state index contributed by atoms with van der Waals surface area (Å²) >= 11 is 1.82. The number of thioether (sulfide) groups is 1. The summed E-state index contributed by atoms with van der Waals surface area (Å²) in [6.07, 6.45) is 5.20. The lowest BCUT2D eigenvalue weighted by Crippen LogP contribution is -2.01. The van der Waals surface area contributed by atoms with Gasteiger partial charge in [-0.3, -0.25) is 0 Å². The summed E-state index contributed by atoms with van der Waals surface area (Å²) < 4.78 is 2.42. The standard InChI is InChI=1S/C15H17N3S/c1-2-4-11(5-3-1)10-19-15-17-16-14(12-6-7-12)18(15)13-8-9-13/h1-5,12-13H,6-10H2. The van der Waals surface area contributed by atoms with E-state index in [0.717, 1.165) is 10.9 Å². The third-order valence-corrected chi connectivity index (χ3v) is 4.77. The van der Waals surface area contributed by atoms with Gasteiger partial charge in [-0.2, -0.15) is 0 Å². The normalized spacial score (nSPS) is 18.7. The Labute approximate surface area is 117 Å². The molecule has 0 atom stereocenters. The minimum absolute atomic E-state index is 0.684. The minimum Gasteiger partial charge on any atom is -0.303 e. The van der Waals surface area contributed by atoms with Crippen LogP contribution in [0.5, 0.6) is 0 Å². The van der Waals surface area contributed by atoms with Crippen LogP contribution in [0, 0.1) is 0 Å². The Morgan fingerprint density at radius 3 is 2.53 bits per heavy atom. The van der Waals surface area contributed by atoms with E-state index in [4.69, 9.17) is 0 Å². The average Bonchev–Trinajstić information content (AvgIpc) is 3.36. The maximum atomic E-state index is 4.44. The topological polar surface area (TPSA) is 30.7 Å². The van der Waals surface area contributed by atoms with Crippen molar-refractivity contribution in [3.63, 3.8) is 0 Å². The number of hydrogen-bond acceptors (Lipinski definition) is 3. The first kappa shape index (κ1) is 11.5. The predicted octanol–water partition coefficient (Wildman–Crippen LogP) is 3.78. The molecular formula is C15H17N3S. The summed E-state index contributed by atoms with van der Waals surface area (Å²) in [4.78, 5) is 0. The van der Waals surface area contributed by atoms with E-state index in [-0.39, 0.29) is 0 Å². The number of hydrogen-bond donors (Lipinski definition) is 0. The molecule has 0 radical (unpaired) electrons. The lowest BCUT2D eigenvalue weighted by Gasteiger charge is -2.07. The molecule has 1 heterocycles. The molecule has 19 heavy (non-hydrogen) atoms. The molecule has 0 N–H and O–H groups in total. The van der Waals surface area contributed by atoms with E-state index < -0.39 is 0 Å². The Morgan fingerprint density at radius 2 is 1.84 bits per heavy atom. The van der Waals surface area contributed by atoms with Crippen molar-refractivity contribution in [1.82, 2.24) is 14.8 Å². The molecule has 2 fully saturated rings. The molecule has 0 saturated heterocycles. The Hall–Kier alpha value is -1.29. The Bertz CT molecular complexity index is 570. The molecule has 98 valence electrons. The fraction of sp³-hybridized carbons (Fsp3) is 0.467. The van der Waals surface area contributed by atoms with Gasteiger partial charge in [0.25, 0.3) is 0 Å². The van der Waals surface area contributed by atoms with Gasteiger partial charge in [0.15, 0.2) is 5.16 Å². The molecule has 0 spiro atoms. The first-order chi connectivity index (χ1) is 9.42. The van der Waals surface area contributed by atoms with Gasteiger partial charge in [0.1, 0.15) is 5.82 Å². The van der Waals surface area contributed by atoms with Crippen LogP contribution >= 0.6 is 11.8 Å². The lowest BCUT2D eigenvalue weighted by molar-refractivity contribution is 0.627. The second-order valence-corrected chi connectivity index (χ2v) is 6.43. The molecule has 4 rings (SSSR count). The van der Waals surface area contributed by atoms with Gasteiger partial charge < -0.3 is 4.57 Å². The van der Waals surface area contributed by atoms with Crippen molar-refractivity contribution >= 4 is 11.8 Å². The van der Waals surface area contributed by atoms with E-state index in [0.29, 0.717) is 12.0 Å².